The summed E-state index contributed by atoms with van der Waals surface area (Å²) >= 11 is 0. The van der Waals surface area contributed by atoms with Crippen LogP contribution in [0.5, 0.6) is 0 Å². The van der Waals surface area contributed by atoms with Crippen molar-refractivity contribution in [1.29, 1.82) is 0 Å². The lowest BCUT2D eigenvalue weighted by Gasteiger charge is -2.29. The van der Waals surface area contributed by atoms with Crippen molar-refractivity contribution in [3.05, 3.63) is 95.6 Å². The minimum Gasteiger partial charge on any atom is -0.273 e. The molecule has 0 saturated carbocycles. The molecule has 0 spiro atoms. The van der Waals surface area contributed by atoms with Gasteiger partial charge in [-0.2, -0.15) is 0 Å². The van der Waals surface area contributed by atoms with Crippen molar-refractivity contribution < 1.29 is 14.4 Å². The second kappa shape index (κ2) is 7.11. The van der Waals surface area contributed by atoms with E-state index in [2.05, 4.69) is 6.07 Å². The number of para-hydroxylation sites is 2. The van der Waals surface area contributed by atoms with Gasteiger partial charge in [-0.1, -0.05) is 60.2 Å². The van der Waals surface area contributed by atoms with Crippen molar-refractivity contribution in [2.24, 2.45) is 5.92 Å². The molecule has 5 nitrogen and oxygen atoms in total. The van der Waals surface area contributed by atoms with E-state index in [-0.39, 0.29) is 17.9 Å². The Morgan fingerprint density at radius 3 is 2.03 bits per heavy atom. The van der Waals surface area contributed by atoms with Gasteiger partial charge >= 0.3 is 0 Å². The van der Waals surface area contributed by atoms with Crippen LogP contribution in [-0.4, -0.2) is 17.9 Å². The number of anilines is 2. The molecule has 2 saturated heterocycles. The summed E-state index contributed by atoms with van der Waals surface area (Å²) in [6.45, 7) is 4.08. The zero-order chi connectivity index (χ0) is 20.8. The molecule has 3 atom stereocenters. The van der Waals surface area contributed by atoms with Crippen molar-refractivity contribution in [2.75, 3.05) is 9.96 Å². The topological polar surface area (TPSA) is 49.9 Å². The molecule has 3 aromatic rings. The van der Waals surface area contributed by atoms with Crippen molar-refractivity contribution in [1.82, 2.24) is 0 Å². The van der Waals surface area contributed by atoms with E-state index in [0.717, 1.165) is 22.4 Å². The molecule has 0 aromatic heterocycles. The maximum absolute atomic E-state index is 13.5. The fraction of sp³-hybridized carbons (Fsp3) is 0.200. The first kappa shape index (κ1) is 18.6. The Bertz CT molecular complexity index is 1110. The van der Waals surface area contributed by atoms with Crippen LogP contribution in [0.3, 0.4) is 0 Å². The lowest BCUT2D eigenvalue weighted by molar-refractivity contribution is -0.126. The molecule has 0 N–H and O–H groups in total. The Hall–Kier alpha value is -3.44. The minimum absolute atomic E-state index is 0.223. The van der Waals surface area contributed by atoms with E-state index >= 15 is 0 Å². The number of fused-ring (bicyclic) bond motifs is 1. The van der Waals surface area contributed by atoms with Gasteiger partial charge in [0.25, 0.3) is 5.91 Å². The molecule has 150 valence electrons. The van der Waals surface area contributed by atoms with Crippen molar-refractivity contribution >= 4 is 23.2 Å². The van der Waals surface area contributed by atoms with Gasteiger partial charge in [0.1, 0.15) is 5.92 Å². The van der Waals surface area contributed by atoms with Crippen LogP contribution in [0.4, 0.5) is 11.4 Å². The number of hydroxylamine groups is 1. The summed E-state index contributed by atoms with van der Waals surface area (Å²) in [5.41, 5.74) is 4.62. The fourth-order valence-electron chi connectivity index (χ4n) is 4.52. The number of nitrogens with zero attached hydrogens (tertiary/aromatic N) is 2. The van der Waals surface area contributed by atoms with Crippen molar-refractivity contribution in [3.8, 4) is 0 Å². The first-order valence-corrected chi connectivity index (χ1v) is 10.1. The molecule has 0 radical (unpaired) electrons. The van der Waals surface area contributed by atoms with Crippen LogP contribution < -0.4 is 9.96 Å². The summed E-state index contributed by atoms with van der Waals surface area (Å²) < 4.78 is 0. The van der Waals surface area contributed by atoms with Crippen LogP contribution in [0, 0.1) is 19.8 Å². The summed E-state index contributed by atoms with van der Waals surface area (Å²) in [6, 6.07) is 24.5. The number of aryl methyl sites for hydroxylation is 2. The Balaban J connectivity index is 1.62. The molecule has 2 aliphatic heterocycles. The summed E-state index contributed by atoms with van der Waals surface area (Å²) in [5, 5.41) is 1.74. The van der Waals surface area contributed by atoms with E-state index in [9.17, 15) is 9.59 Å². The molecule has 5 rings (SSSR count). The van der Waals surface area contributed by atoms with Crippen LogP contribution >= 0.6 is 0 Å². The largest absolute Gasteiger partial charge is 0.273 e. The third-order valence-electron chi connectivity index (χ3n) is 5.88. The van der Waals surface area contributed by atoms with Crippen LogP contribution in [-0.2, 0) is 14.4 Å². The van der Waals surface area contributed by atoms with E-state index < -0.39 is 12.0 Å². The van der Waals surface area contributed by atoms with Gasteiger partial charge < -0.3 is 0 Å². The number of hydrogen-bond donors (Lipinski definition) is 0. The minimum atomic E-state index is -0.844. The van der Waals surface area contributed by atoms with Gasteiger partial charge in [0.05, 0.1) is 17.4 Å². The SMILES string of the molecule is Cc1ccc(C2C3C(=O)N(c4ccccc4)C(=O)C3ON2c2ccccc2)c(C)c1. The lowest BCUT2D eigenvalue weighted by Crippen LogP contribution is -2.37. The Labute approximate surface area is 175 Å². The number of carbonyl (C=O) groups excluding carboxylic acids is 2. The van der Waals surface area contributed by atoms with Gasteiger partial charge in [0, 0.05) is 0 Å². The van der Waals surface area contributed by atoms with E-state index in [0.29, 0.717) is 5.69 Å². The summed E-state index contributed by atoms with van der Waals surface area (Å²) in [7, 11) is 0. The number of hydrogen-bond acceptors (Lipinski definition) is 4. The van der Waals surface area contributed by atoms with Crippen LogP contribution in [0.25, 0.3) is 0 Å². The van der Waals surface area contributed by atoms with Crippen molar-refractivity contribution in [3.63, 3.8) is 0 Å². The van der Waals surface area contributed by atoms with Gasteiger partial charge in [-0.25, -0.2) is 9.96 Å². The molecule has 2 heterocycles. The highest BCUT2D eigenvalue weighted by Gasteiger charge is 2.60. The van der Waals surface area contributed by atoms with E-state index in [1.54, 1.807) is 17.2 Å². The monoisotopic (exact) mass is 398 g/mol. The zero-order valence-corrected chi connectivity index (χ0v) is 16.9. The smallest absolute Gasteiger partial charge is 0.266 e. The van der Waals surface area contributed by atoms with Crippen LogP contribution in [0.1, 0.15) is 22.7 Å². The molecule has 0 bridgehead atoms. The average Bonchev–Trinajstić information content (AvgIpc) is 3.26. The zero-order valence-electron chi connectivity index (χ0n) is 16.9. The molecule has 0 aliphatic carbocycles. The molecular formula is C25H22N2O3. The first-order valence-electron chi connectivity index (χ1n) is 10.1. The second-order valence-corrected chi connectivity index (χ2v) is 7.87. The molecular weight excluding hydrogens is 376 g/mol. The van der Waals surface area contributed by atoms with Gasteiger partial charge in [-0.05, 0) is 49.2 Å². The van der Waals surface area contributed by atoms with Gasteiger partial charge in [0.2, 0.25) is 5.91 Å². The molecule has 2 aliphatic rings. The molecule has 30 heavy (non-hydrogen) atoms. The van der Waals surface area contributed by atoms with Crippen LogP contribution in [0.15, 0.2) is 78.9 Å². The van der Waals surface area contributed by atoms with Crippen LogP contribution in [0.2, 0.25) is 0 Å². The Kier molecular flexibility index (Phi) is 4.40. The summed E-state index contributed by atoms with van der Waals surface area (Å²) in [4.78, 5) is 34.2. The highest BCUT2D eigenvalue weighted by atomic mass is 16.7. The standard InChI is InChI=1S/C25H22N2O3/c1-16-13-14-20(17(2)15-16)22-21-23(30-27(22)19-11-7-4-8-12-19)25(29)26(24(21)28)18-9-5-3-6-10-18/h3-15,21-23H,1-2H3. The second-order valence-electron chi connectivity index (χ2n) is 7.87. The summed E-state index contributed by atoms with van der Waals surface area (Å²) in [6.07, 6.45) is -0.844. The average molecular weight is 398 g/mol. The molecule has 3 aromatic carbocycles. The third kappa shape index (κ3) is 2.82. The quantitative estimate of drug-likeness (QED) is 0.616. The molecule has 3 unspecified atom stereocenters. The van der Waals surface area contributed by atoms with Gasteiger partial charge in [0.15, 0.2) is 6.10 Å². The Morgan fingerprint density at radius 1 is 0.767 bits per heavy atom. The van der Waals surface area contributed by atoms with E-state index in [1.807, 2.05) is 74.5 Å². The maximum atomic E-state index is 13.5. The number of amides is 2. The predicted molar refractivity (Wildman–Crippen MR) is 115 cm³/mol. The van der Waals surface area contributed by atoms with E-state index in [4.69, 9.17) is 4.84 Å². The van der Waals surface area contributed by atoms with Gasteiger partial charge in [-0.3, -0.25) is 14.4 Å². The van der Waals surface area contributed by atoms with E-state index in [1.165, 1.54) is 4.90 Å². The summed E-state index contributed by atoms with van der Waals surface area (Å²) in [5.74, 6) is -1.15. The van der Waals surface area contributed by atoms with Crippen molar-refractivity contribution in [2.45, 2.75) is 26.0 Å². The van der Waals surface area contributed by atoms with Gasteiger partial charge in [-0.15, -0.1) is 0 Å². The number of rotatable bonds is 3. The lowest BCUT2D eigenvalue weighted by atomic mass is 9.87. The number of imide groups is 1. The number of benzene rings is 3. The number of carbonyl (C=O) groups is 2. The molecule has 2 fully saturated rings. The molecule has 2 amide bonds. The predicted octanol–water partition coefficient (Wildman–Crippen LogP) is 4.35. The normalized spacial score (nSPS) is 23.2. The Morgan fingerprint density at radius 2 is 1.40 bits per heavy atom. The maximum Gasteiger partial charge on any atom is 0.266 e. The fourth-order valence-corrected chi connectivity index (χ4v) is 4.52. The highest BCUT2D eigenvalue weighted by Crippen LogP contribution is 2.48. The third-order valence-corrected chi connectivity index (χ3v) is 5.88. The molecule has 5 heteroatoms. The first-order chi connectivity index (χ1) is 14.6. The highest BCUT2D eigenvalue weighted by molar-refractivity contribution is 6.23.